The number of nitrogens with one attached hydrogen (secondary N) is 2. The second-order valence-corrected chi connectivity index (χ2v) is 8.15. The van der Waals surface area contributed by atoms with Crippen LogP contribution in [0.5, 0.6) is 11.5 Å². The van der Waals surface area contributed by atoms with Crippen molar-refractivity contribution >= 4 is 5.91 Å². The van der Waals surface area contributed by atoms with Gasteiger partial charge in [-0.3, -0.25) is 14.5 Å². The minimum atomic E-state index is -0.410. The molecule has 1 aliphatic heterocycles. The molecule has 0 saturated carbocycles. The Hall–Kier alpha value is -3.58. The molecular formula is C26H29N3O4. The lowest BCUT2D eigenvalue weighted by molar-refractivity contribution is 0.0949. The van der Waals surface area contributed by atoms with Crippen LogP contribution in [0, 0.1) is 0 Å². The average Bonchev–Trinajstić information content (AvgIpc) is 3.30. The van der Waals surface area contributed by atoms with Gasteiger partial charge in [-0.15, -0.1) is 0 Å². The molecule has 0 saturated heterocycles. The molecule has 0 unspecified atom stereocenters. The third-order valence-corrected chi connectivity index (χ3v) is 5.58. The van der Waals surface area contributed by atoms with Gasteiger partial charge in [-0.05, 0) is 48.4 Å². The number of hydrogen-bond donors (Lipinski definition) is 2. The Labute approximate surface area is 193 Å². The van der Waals surface area contributed by atoms with Crippen molar-refractivity contribution in [1.29, 1.82) is 0 Å². The van der Waals surface area contributed by atoms with E-state index in [9.17, 15) is 9.59 Å². The first-order valence-electron chi connectivity index (χ1n) is 11.3. The van der Waals surface area contributed by atoms with Gasteiger partial charge in [-0.1, -0.05) is 49.7 Å². The van der Waals surface area contributed by atoms with Crippen molar-refractivity contribution in [2.24, 2.45) is 0 Å². The zero-order valence-corrected chi connectivity index (χ0v) is 18.8. The molecule has 0 aliphatic carbocycles. The number of pyridine rings is 1. The smallest absolute Gasteiger partial charge is 0.261 e. The molecule has 0 atom stereocenters. The van der Waals surface area contributed by atoms with Gasteiger partial charge in [0.25, 0.3) is 11.5 Å². The Bertz CT molecular complexity index is 1140. The summed E-state index contributed by atoms with van der Waals surface area (Å²) in [5.41, 5.74) is 2.61. The van der Waals surface area contributed by atoms with Gasteiger partial charge in [0, 0.05) is 25.3 Å². The highest BCUT2D eigenvalue weighted by Crippen LogP contribution is 2.32. The molecule has 1 amide bonds. The maximum absolute atomic E-state index is 12.6. The minimum Gasteiger partial charge on any atom is -0.454 e. The summed E-state index contributed by atoms with van der Waals surface area (Å²) in [5, 5.41) is 2.80. The highest BCUT2D eigenvalue weighted by molar-refractivity contribution is 5.93. The van der Waals surface area contributed by atoms with Gasteiger partial charge < -0.3 is 19.8 Å². The molecule has 1 aliphatic rings. The Morgan fingerprint density at radius 2 is 1.82 bits per heavy atom. The lowest BCUT2D eigenvalue weighted by atomic mass is 10.1. The van der Waals surface area contributed by atoms with E-state index in [0.29, 0.717) is 24.6 Å². The number of ether oxygens (including phenoxy) is 2. The van der Waals surface area contributed by atoms with Gasteiger partial charge in [0.05, 0.1) is 0 Å². The van der Waals surface area contributed by atoms with Gasteiger partial charge >= 0.3 is 0 Å². The van der Waals surface area contributed by atoms with Crippen molar-refractivity contribution < 1.29 is 14.3 Å². The van der Waals surface area contributed by atoms with Crippen LogP contribution in [0.25, 0.3) is 0 Å². The van der Waals surface area contributed by atoms with Crippen LogP contribution in [0.3, 0.4) is 0 Å². The van der Waals surface area contributed by atoms with Crippen LogP contribution in [0.4, 0.5) is 0 Å². The summed E-state index contributed by atoms with van der Waals surface area (Å²) < 4.78 is 10.7. The molecule has 0 radical (unpaired) electrons. The van der Waals surface area contributed by atoms with E-state index in [4.69, 9.17) is 9.47 Å². The van der Waals surface area contributed by atoms with Gasteiger partial charge in [-0.2, -0.15) is 0 Å². The van der Waals surface area contributed by atoms with Crippen LogP contribution >= 0.6 is 0 Å². The third kappa shape index (κ3) is 6.02. The number of fused-ring (bicyclic) bond motifs is 1. The molecule has 33 heavy (non-hydrogen) atoms. The number of carbonyl (C=O) groups is 1. The van der Waals surface area contributed by atoms with Crippen LogP contribution in [0.1, 0.15) is 46.9 Å². The molecule has 0 bridgehead atoms. The lowest BCUT2D eigenvalue weighted by Gasteiger charge is -2.22. The fourth-order valence-electron chi connectivity index (χ4n) is 3.79. The quantitative estimate of drug-likeness (QED) is 0.493. The highest BCUT2D eigenvalue weighted by atomic mass is 16.7. The second-order valence-electron chi connectivity index (χ2n) is 8.15. The summed E-state index contributed by atoms with van der Waals surface area (Å²) in [6, 6.07) is 19.2. The van der Waals surface area contributed by atoms with Gasteiger partial charge in [0.15, 0.2) is 11.5 Å². The van der Waals surface area contributed by atoms with E-state index >= 15 is 0 Å². The number of unbranched alkanes of at least 4 members (excludes halogenated alkanes) is 1. The Morgan fingerprint density at radius 3 is 2.61 bits per heavy atom. The van der Waals surface area contributed by atoms with E-state index in [1.807, 2.05) is 42.5 Å². The van der Waals surface area contributed by atoms with Crippen molar-refractivity contribution in [3.63, 3.8) is 0 Å². The predicted octanol–water partition coefficient (Wildman–Crippen LogP) is 3.84. The largest absolute Gasteiger partial charge is 0.454 e. The SMILES string of the molecule is CCCCN(Cc1ccccc1)Cc1ccc(C(=O)NCc2ccc3c(c2)OCO3)c(=O)[nH]1. The Kier molecular flexibility index (Phi) is 7.42. The molecule has 0 fully saturated rings. The zero-order valence-electron chi connectivity index (χ0n) is 18.8. The summed E-state index contributed by atoms with van der Waals surface area (Å²) in [6.07, 6.45) is 2.18. The minimum absolute atomic E-state index is 0.0997. The fraction of sp³-hybridized carbons (Fsp3) is 0.308. The lowest BCUT2D eigenvalue weighted by Crippen LogP contribution is -2.31. The number of carbonyl (C=O) groups excluding carboxylic acids is 1. The normalized spacial score (nSPS) is 12.2. The second kappa shape index (κ2) is 10.8. The van der Waals surface area contributed by atoms with Crippen LogP contribution in [-0.2, 0) is 19.6 Å². The van der Waals surface area contributed by atoms with E-state index in [1.54, 1.807) is 6.07 Å². The number of aromatic amines is 1. The van der Waals surface area contributed by atoms with Gasteiger partial charge in [0.1, 0.15) is 5.56 Å². The summed E-state index contributed by atoms with van der Waals surface area (Å²) in [6.45, 7) is 5.02. The molecular weight excluding hydrogens is 418 g/mol. The van der Waals surface area contributed by atoms with Crippen molar-refractivity contribution in [3.05, 3.63) is 93.4 Å². The number of H-pyrrole nitrogens is 1. The number of aromatic nitrogens is 1. The number of benzene rings is 2. The summed E-state index contributed by atoms with van der Waals surface area (Å²) in [7, 11) is 0. The highest BCUT2D eigenvalue weighted by Gasteiger charge is 2.15. The first-order chi connectivity index (χ1) is 16.1. The Balaban J connectivity index is 1.38. The molecule has 4 rings (SSSR count). The van der Waals surface area contributed by atoms with E-state index in [1.165, 1.54) is 5.56 Å². The number of rotatable bonds is 10. The van der Waals surface area contributed by atoms with Crippen molar-refractivity contribution in [1.82, 2.24) is 15.2 Å². The monoisotopic (exact) mass is 447 g/mol. The average molecular weight is 448 g/mol. The van der Waals surface area contributed by atoms with Crippen molar-refractivity contribution in [2.45, 2.75) is 39.4 Å². The summed E-state index contributed by atoms with van der Waals surface area (Å²) >= 11 is 0. The van der Waals surface area contributed by atoms with Crippen LogP contribution in [0.2, 0.25) is 0 Å². The Morgan fingerprint density at radius 1 is 1.00 bits per heavy atom. The van der Waals surface area contributed by atoms with Crippen molar-refractivity contribution in [3.8, 4) is 11.5 Å². The maximum Gasteiger partial charge on any atom is 0.261 e. The molecule has 2 heterocycles. The molecule has 172 valence electrons. The topological polar surface area (TPSA) is 83.7 Å². The number of hydrogen-bond acceptors (Lipinski definition) is 5. The van der Waals surface area contributed by atoms with Gasteiger partial charge in [0.2, 0.25) is 6.79 Å². The van der Waals surface area contributed by atoms with Gasteiger partial charge in [-0.25, -0.2) is 0 Å². The third-order valence-electron chi connectivity index (χ3n) is 5.58. The van der Waals surface area contributed by atoms with E-state index in [0.717, 1.165) is 37.2 Å². The van der Waals surface area contributed by atoms with E-state index in [2.05, 4.69) is 34.3 Å². The van der Waals surface area contributed by atoms with Crippen LogP contribution < -0.4 is 20.3 Å². The number of amides is 1. The van der Waals surface area contributed by atoms with Crippen LogP contribution in [0.15, 0.2) is 65.5 Å². The fourth-order valence-corrected chi connectivity index (χ4v) is 3.79. The van der Waals surface area contributed by atoms with E-state index in [-0.39, 0.29) is 17.9 Å². The molecule has 2 aromatic carbocycles. The molecule has 3 aromatic rings. The first-order valence-corrected chi connectivity index (χ1v) is 11.3. The molecule has 0 spiro atoms. The summed E-state index contributed by atoms with van der Waals surface area (Å²) in [4.78, 5) is 30.4. The molecule has 7 nitrogen and oxygen atoms in total. The predicted molar refractivity (Wildman–Crippen MR) is 126 cm³/mol. The standard InChI is InChI=1S/C26H29N3O4/c1-2-3-13-29(16-19-7-5-4-6-8-19)17-21-10-11-22(26(31)28-21)25(30)27-15-20-9-12-23-24(14-20)33-18-32-23/h4-12,14H,2-3,13,15-18H2,1H3,(H,27,30)(H,28,31). The summed E-state index contributed by atoms with van der Waals surface area (Å²) in [5.74, 6) is 0.942. The first kappa shape index (κ1) is 22.6. The van der Waals surface area contributed by atoms with Crippen molar-refractivity contribution in [2.75, 3.05) is 13.3 Å². The van der Waals surface area contributed by atoms with Crippen LogP contribution in [-0.4, -0.2) is 29.1 Å². The maximum atomic E-state index is 12.6. The zero-order chi connectivity index (χ0) is 23.0. The number of nitrogens with zero attached hydrogens (tertiary/aromatic N) is 1. The molecule has 1 aromatic heterocycles. The molecule has 7 heteroatoms. The van der Waals surface area contributed by atoms with E-state index < -0.39 is 5.91 Å². The molecule has 2 N–H and O–H groups in total.